The number of rotatable bonds is 10. The minimum absolute atomic E-state index is 0.00242. The predicted molar refractivity (Wildman–Crippen MR) is 113 cm³/mol. The smallest absolute Gasteiger partial charge is 0.260 e. The maximum atomic E-state index is 12.9. The Morgan fingerprint density at radius 1 is 1.21 bits per heavy atom. The lowest BCUT2D eigenvalue weighted by Crippen LogP contribution is -2.42. The third-order valence-corrected chi connectivity index (χ3v) is 4.94. The van der Waals surface area contributed by atoms with Crippen LogP contribution in [-0.4, -0.2) is 69.8 Å². The van der Waals surface area contributed by atoms with Crippen LogP contribution in [-0.2, 0) is 11.8 Å². The molecule has 2 aromatic rings. The van der Waals surface area contributed by atoms with Crippen LogP contribution >= 0.6 is 0 Å². The van der Waals surface area contributed by atoms with Crippen molar-refractivity contribution in [1.82, 2.24) is 24.6 Å². The standard InChI is InChI=1S/C21H35N5O2/c1-8-25(9-2)10-11-26(13-15(3)4)18(27)14-28-21-19-16(5)12-17(6)22-20(19)24(7)23-21/h12,15H,8-11,13-14H2,1-7H3. The first-order chi connectivity index (χ1) is 13.3. The van der Waals surface area contributed by atoms with Gasteiger partial charge in [0.2, 0.25) is 5.88 Å². The van der Waals surface area contributed by atoms with E-state index in [0.717, 1.165) is 48.5 Å². The van der Waals surface area contributed by atoms with Crippen molar-refractivity contribution < 1.29 is 9.53 Å². The minimum atomic E-state index is -0.00952. The summed E-state index contributed by atoms with van der Waals surface area (Å²) in [5, 5.41) is 5.31. The molecule has 0 N–H and O–H groups in total. The van der Waals surface area contributed by atoms with Crippen LogP contribution in [0.2, 0.25) is 0 Å². The summed E-state index contributed by atoms with van der Waals surface area (Å²) < 4.78 is 7.58. The summed E-state index contributed by atoms with van der Waals surface area (Å²) >= 11 is 0. The summed E-state index contributed by atoms with van der Waals surface area (Å²) in [5.74, 6) is 0.882. The quantitative estimate of drug-likeness (QED) is 0.625. The van der Waals surface area contributed by atoms with E-state index < -0.39 is 0 Å². The van der Waals surface area contributed by atoms with Gasteiger partial charge in [-0.1, -0.05) is 27.7 Å². The molecule has 0 spiro atoms. The van der Waals surface area contributed by atoms with Gasteiger partial charge >= 0.3 is 0 Å². The molecule has 2 aromatic heterocycles. The second-order valence-corrected chi connectivity index (χ2v) is 7.76. The molecule has 28 heavy (non-hydrogen) atoms. The topological polar surface area (TPSA) is 63.5 Å². The molecule has 0 atom stereocenters. The molecule has 1 amide bonds. The molecule has 2 rings (SSSR count). The summed E-state index contributed by atoms with van der Waals surface area (Å²) in [6.07, 6.45) is 0. The fraction of sp³-hybridized carbons (Fsp3) is 0.667. The first-order valence-corrected chi connectivity index (χ1v) is 10.2. The molecule has 0 fully saturated rings. The number of carbonyl (C=O) groups is 1. The van der Waals surface area contributed by atoms with E-state index in [1.54, 1.807) is 4.68 Å². The van der Waals surface area contributed by atoms with Gasteiger partial charge in [-0.2, -0.15) is 0 Å². The average molecular weight is 390 g/mol. The number of hydrogen-bond donors (Lipinski definition) is 0. The lowest BCUT2D eigenvalue weighted by Gasteiger charge is -2.27. The van der Waals surface area contributed by atoms with Crippen molar-refractivity contribution in [3.05, 3.63) is 17.3 Å². The number of hydrogen-bond acceptors (Lipinski definition) is 5. The fourth-order valence-corrected chi connectivity index (χ4v) is 3.43. The number of ether oxygens (including phenoxy) is 1. The summed E-state index contributed by atoms with van der Waals surface area (Å²) in [7, 11) is 1.85. The second-order valence-electron chi connectivity index (χ2n) is 7.76. The van der Waals surface area contributed by atoms with Crippen LogP contribution in [0.25, 0.3) is 11.0 Å². The molecular weight excluding hydrogens is 354 g/mol. The summed E-state index contributed by atoms with van der Waals surface area (Å²) in [6, 6.07) is 2.01. The Labute approximate surface area is 168 Å². The zero-order valence-corrected chi connectivity index (χ0v) is 18.4. The average Bonchev–Trinajstić information content (AvgIpc) is 2.95. The molecule has 0 saturated carbocycles. The number of likely N-dealkylation sites (N-methyl/N-ethyl adjacent to an activating group) is 1. The van der Waals surface area contributed by atoms with Crippen molar-refractivity contribution in [3.8, 4) is 5.88 Å². The molecule has 7 heteroatoms. The summed E-state index contributed by atoms with van der Waals surface area (Å²) in [6.45, 7) is 16.8. The van der Waals surface area contributed by atoms with Crippen molar-refractivity contribution in [2.24, 2.45) is 13.0 Å². The number of nitrogens with zero attached hydrogens (tertiary/aromatic N) is 5. The minimum Gasteiger partial charge on any atom is -0.466 e. The van der Waals surface area contributed by atoms with Gasteiger partial charge in [0.05, 0.1) is 5.39 Å². The Balaban J connectivity index is 2.10. The van der Waals surface area contributed by atoms with Gasteiger partial charge in [0.1, 0.15) is 0 Å². The number of aryl methyl sites for hydroxylation is 3. The number of pyridine rings is 1. The highest BCUT2D eigenvalue weighted by atomic mass is 16.5. The first kappa shape index (κ1) is 22.1. The summed E-state index contributed by atoms with van der Waals surface area (Å²) in [5.41, 5.74) is 2.77. The molecule has 0 aliphatic carbocycles. The van der Waals surface area contributed by atoms with Crippen LogP contribution in [0.4, 0.5) is 0 Å². The summed E-state index contributed by atoms with van der Waals surface area (Å²) in [4.78, 5) is 21.6. The highest BCUT2D eigenvalue weighted by molar-refractivity contribution is 5.85. The number of amides is 1. The highest BCUT2D eigenvalue weighted by Gasteiger charge is 2.19. The van der Waals surface area contributed by atoms with Crippen LogP contribution in [0.15, 0.2) is 6.07 Å². The van der Waals surface area contributed by atoms with Crippen molar-refractivity contribution in [2.75, 3.05) is 39.3 Å². The molecule has 0 aromatic carbocycles. The Morgan fingerprint density at radius 3 is 2.50 bits per heavy atom. The molecule has 0 saturated heterocycles. The van der Waals surface area contributed by atoms with E-state index in [2.05, 4.69) is 42.7 Å². The Bertz CT molecular complexity index is 796. The van der Waals surface area contributed by atoms with Crippen molar-refractivity contribution in [3.63, 3.8) is 0 Å². The van der Waals surface area contributed by atoms with E-state index in [0.29, 0.717) is 18.3 Å². The maximum absolute atomic E-state index is 12.9. The number of fused-ring (bicyclic) bond motifs is 1. The van der Waals surface area contributed by atoms with Crippen LogP contribution in [0.5, 0.6) is 5.88 Å². The molecule has 156 valence electrons. The number of carbonyl (C=O) groups excluding carboxylic acids is 1. The molecule has 0 radical (unpaired) electrons. The predicted octanol–water partition coefficient (Wildman–Crippen LogP) is 2.79. The Morgan fingerprint density at radius 2 is 1.89 bits per heavy atom. The molecule has 7 nitrogen and oxygen atoms in total. The Hall–Kier alpha value is -2.15. The monoisotopic (exact) mass is 389 g/mol. The lowest BCUT2D eigenvalue weighted by atomic mass is 10.2. The molecule has 0 unspecified atom stereocenters. The van der Waals surface area contributed by atoms with E-state index in [9.17, 15) is 4.79 Å². The number of aromatic nitrogens is 3. The highest BCUT2D eigenvalue weighted by Crippen LogP contribution is 2.27. The van der Waals surface area contributed by atoms with Crippen LogP contribution in [0.3, 0.4) is 0 Å². The van der Waals surface area contributed by atoms with Gasteiger partial charge in [-0.3, -0.25) is 4.79 Å². The molecule has 2 heterocycles. The molecular formula is C21H35N5O2. The van der Waals surface area contributed by atoms with Gasteiger partial charge in [-0.25, -0.2) is 9.67 Å². The Kier molecular flexibility index (Phi) is 7.80. The first-order valence-electron chi connectivity index (χ1n) is 10.2. The molecule has 0 aliphatic rings. The van der Waals surface area contributed by atoms with Crippen molar-refractivity contribution in [2.45, 2.75) is 41.5 Å². The van der Waals surface area contributed by atoms with Crippen molar-refractivity contribution >= 4 is 16.9 Å². The van der Waals surface area contributed by atoms with E-state index in [1.807, 2.05) is 31.9 Å². The van der Waals surface area contributed by atoms with Gasteiger partial charge in [0, 0.05) is 32.4 Å². The lowest BCUT2D eigenvalue weighted by molar-refractivity contribution is -0.134. The SMILES string of the molecule is CCN(CC)CCN(CC(C)C)C(=O)COc1nn(C)c2nc(C)cc(C)c12. The zero-order valence-electron chi connectivity index (χ0n) is 18.4. The third-order valence-electron chi connectivity index (χ3n) is 4.94. The molecule has 0 bridgehead atoms. The molecule has 0 aliphatic heterocycles. The van der Waals surface area contributed by atoms with Gasteiger partial charge in [-0.15, -0.1) is 5.10 Å². The van der Waals surface area contributed by atoms with Crippen LogP contribution in [0, 0.1) is 19.8 Å². The van der Waals surface area contributed by atoms with Crippen LogP contribution < -0.4 is 4.74 Å². The third kappa shape index (κ3) is 5.44. The maximum Gasteiger partial charge on any atom is 0.260 e. The van der Waals surface area contributed by atoms with E-state index in [1.165, 1.54) is 0 Å². The van der Waals surface area contributed by atoms with Gasteiger partial charge in [-0.05, 0) is 44.5 Å². The van der Waals surface area contributed by atoms with Gasteiger partial charge in [0.25, 0.3) is 5.91 Å². The normalized spacial score (nSPS) is 11.6. The van der Waals surface area contributed by atoms with Gasteiger partial charge < -0.3 is 14.5 Å². The van der Waals surface area contributed by atoms with Crippen LogP contribution in [0.1, 0.15) is 39.0 Å². The largest absolute Gasteiger partial charge is 0.466 e. The van der Waals surface area contributed by atoms with E-state index >= 15 is 0 Å². The zero-order chi connectivity index (χ0) is 20.8. The second kappa shape index (κ2) is 9.87. The van der Waals surface area contributed by atoms with Crippen molar-refractivity contribution in [1.29, 1.82) is 0 Å². The van der Waals surface area contributed by atoms with E-state index in [4.69, 9.17) is 4.74 Å². The fourth-order valence-electron chi connectivity index (χ4n) is 3.43. The van der Waals surface area contributed by atoms with E-state index in [-0.39, 0.29) is 12.5 Å². The van der Waals surface area contributed by atoms with Gasteiger partial charge in [0.15, 0.2) is 12.3 Å².